The second kappa shape index (κ2) is 7.38. The van der Waals surface area contributed by atoms with Gasteiger partial charge in [0.05, 0.1) is 5.69 Å². The molecule has 2 aromatic carbocycles. The van der Waals surface area contributed by atoms with E-state index in [4.69, 9.17) is 0 Å². The molecule has 5 heteroatoms. The molecule has 0 saturated heterocycles. The number of rotatable bonds is 6. The molecule has 2 rings (SSSR count). The van der Waals surface area contributed by atoms with E-state index in [-0.39, 0.29) is 24.0 Å². The minimum atomic E-state index is -0.343. The number of nitrogens with one attached hydrogen (secondary N) is 2. The lowest BCUT2D eigenvalue weighted by Gasteiger charge is -2.08. The molecule has 0 aliphatic carbocycles. The molecule has 2 N–H and O–H groups in total. The van der Waals surface area contributed by atoms with Gasteiger partial charge in [0.15, 0.2) is 0 Å². The van der Waals surface area contributed by atoms with Gasteiger partial charge in [-0.15, -0.1) is 0 Å². The van der Waals surface area contributed by atoms with Crippen LogP contribution in [0.5, 0.6) is 0 Å². The van der Waals surface area contributed by atoms with Crippen molar-refractivity contribution in [2.45, 2.75) is 13.0 Å². The van der Waals surface area contributed by atoms with Crippen molar-refractivity contribution in [1.29, 1.82) is 0 Å². The summed E-state index contributed by atoms with van der Waals surface area (Å²) in [6.45, 7) is 0.689. The number of halogens is 2. The standard InChI is InChI=1S/C16H16F2N2O/c17-13-7-5-12(6-8-13)11-20-16(21)9-10-19-15-4-2-1-3-14(15)18/h1-8,19H,9-11H2,(H,20,21). The van der Waals surface area contributed by atoms with Crippen LogP contribution in [0.25, 0.3) is 0 Å². The zero-order valence-electron chi connectivity index (χ0n) is 11.4. The number of hydrogen-bond acceptors (Lipinski definition) is 2. The van der Waals surface area contributed by atoms with E-state index >= 15 is 0 Å². The van der Waals surface area contributed by atoms with Gasteiger partial charge in [0.2, 0.25) is 5.91 Å². The first-order chi connectivity index (χ1) is 10.1. The highest BCUT2D eigenvalue weighted by Crippen LogP contribution is 2.11. The molecule has 0 unspecified atom stereocenters. The van der Waals surface area contributed by atoms with E-state index in [0.717, 1.165) is 5.56 Å². The number of carbonyl (C=O) groups excluding carboxylic acids is 1. The minimum absolute atomic E-state index is 0.150. The van der Waals surface area contributed by atoms with Crippen LogP contribution in [-0.4, -0.2) is 12.5 Å². The first kappa shape index (κ1) is 15.0. The maximum Gasteiger partial charge on any atom is 0.222 e. The number of amides is 1. The molecule has 0 heterocycles. The highest BCUT2D eigenvalue weighted by molar-refractivity contribution is 5.76. The van der Waals surface area contributed by atoms with Gasteiger partial charge in [0, 0.05) is 19.5 Å². The summed E-state index contributed by atoms with van der Waals surface area (Å²) in [5, 5.41) is 5.59. The largest absolute Gasteiger partial charge is 0.382 e. The van der Waals surface area contributed by atoms with E-state index < -0.39 is 0 Å². The summed E-state index contributed by atoms with van der Waals surface area (Å²) in [5.41, 5.74) is 1.20. The van der Waals surface area contributed by atoms with Crippen molar-refractivity contribution in [3.63, 3.8) is 0 Å². The van der Waals surface area contributed by atoms with Gasteiger partial charge in [0.1, 0.15) is 11.6 Å². The summed E-state index contributed by atoms with van der Waals surface area (Å²) in [6, 6.07) is 12.2. The van der Waals surface area contributed by atoms with Crippen LogP contribution >= 0.6 is 0 Å². The fourth-order valence-electron chi connectivity index (χ4n) is 1.81. The van der Waals surface area contributed by atoms with Crippen molar-refractivity contribution in [3.8, 4) is 0 Å². The molecule has 0 aliphatic rings. The van der Waals surface area contributed by atoms with Crippen molar-refractivity contribution < 1.29 is 13.6 Å². The van der Waals surface area contributed by atoms with Crippen LogP contribution in [0.2, 0.25) is 0 Å². The second-order valence-electron chi connectivity index (χ2n) is 4.56. The fraction of sp³-hybridized carbons (Fsp3) is 0.188. The Balaban J connectivity index is 1.70. The molecule has 3 nitrogen and oxygen atoms in total. The highest BCUT2D eigenvalue weighted by Gasteiger charge is 2.03. The topological polar surface area (TPSA) is 41.1 Å². The lowest BCUT2D eigenvalue weighted by molar-refractivity contribution is -0.121. The predicted octanol–water partition coefficient (Wildman–Crippen LogP) is 3.08. The van der Waals surface area contributed by atoms with Crippen LogP contribution < -0.4 is 10.6 Å². The lowest BCUT2D eigenvalue weighted by Crippen LogP contribution is -2.24. The molecule has 0 radical (unpaired) electrons. The Labute approximate surface area is 122 Å². The zero-order chi connectivity index (χ0) is 15.1. The average molecular weight is 290 g/mol. The summed E-state index contributed by atoms with van der Waals surface area (Å²) in [6.07, 6.45) is 0.232. The van der Waals surface area contributed by atoms with E-state index in [2.05, 4.69) is 10.6 Å². The van der Waals surface area contributed by atoms with E-state index in [1.54, 1.807) is 30.3 Å². The molecule has 0 atom stereocenters. The van der Waals surface area contributed by atoms with E-state index in [9.17, 15) is 13.6 Å². The molecule has 0 fully saturated rings. The van der Waals surface area contributed by atoms with E-state index in [1.165, 1.54) is 18.2 Å². The average Bonchev–Trinajstić information content (AvgIpc) is 2.49. The summed E-state index contributed by atoms with van der Waals surface area (Å²) in [5.74, 6) is -0.799. The van der Waals surface area contributed by atoms with Gasteiger partial charge in [-0.2, -0.15) is 0 Å². The van der Waals surface area contributed by atoms with Crippen molar-refractivity contribution in [2.24, 2.45) is 0 Å². The Morgan fingerprint density at radius 2 is 1.71 bits per heavy atom. The van der Waals surface area contributed by atoms with Gasteiger partial charge in [-0.05, 0) is 29.8 Å². The van der Waals surface area contributed by atoms with Gasteiger partial charge in [-0.1, -0.05) is 24.3 Å². The molecule has 1 amide bonds. The Bertz CT molecular complexity index is 599. The smallest absolute Gasteiger partial charge is 0.222 e. The molecule has 0 saturated carbocycles. The number of benzene rings is 2. The Morgan fingerprint density at radius 1 is 1.00 bits per heavy atom. The third-order valence-electron chi connectivity index (χ3n) is 2.94. The summed E-state index contributed by atoms with van der Waals surface area (Å²) >= 11 is 0. The van der Waals surface area contributed by atoms with Gasteiger partial charge < -0.3 is 10.6 Å². The molecular formula is C16H16F2N2O. The number of carbonyl (C=O) groups is 1. The first-order valence-electron chi connectivity index (χ1n) is 6.65. The number of hydrogen-bond donors (Lipinski definition) is 2. The summed E-state index contributed by atoms with van der Waals surface area (Å²) < 4.78 is 26.0. The van der Waals surface area contributed by atoms with Gasteiger partial charge >= 0.3 is 0 Å². The van der Waals surface area contributed by atoms with Crippen molar-refractivity contribution in [3.05, 3.63) is 65.7 Å². The van der Waals surface area contributed by atoms with Crippen molar-refractivity contribution in [2.75, 3.05) is 11.9 Å². The molecule has 0 aliphatic heterocycles. The fourth-order valence-corrected chi connectivity index (χ4v) is 1.81. The molecule has 21 heavy (non-hydrogen) atoms. The normalized spacial score (nSPS) is 10.2. The predicted molar refractivity (Wildman–Crippen MR) is 77.8 cm³/mol. The molecule has 0 aromatic heterocycles. The maximum atomic E-state index is 13.3. The minimum Gasteiger partial charge on any atom is -0.382 e. The quantitative estimate of drug-likeness (QED) is 0.858. The van der Waals surface area contributed by atoms with Crippen molar-refractivity contribution in [1.82, 2.24) is 5.32 Å². The highest BCUT2D eigenvalue weighted by atomic mass is 19.1. The molecule has 110 valence electrons. The van der Waals surface area contributed by atoms with Crippen LogP contribution in [0.15, 0.2) is 48.5 Å². The number of para-hydroxylation sites is 1. The monoisotopic (exact) mass is 290 g/mol. The molecule has 0 spiro atoms. The maximum absolute atomic E-state index is 13.3. The van der Waals surface area contributed by atoms with Crippen LogP contribution in [0, 0.1) is 11.6 Å². The van der Waals surface area contributed by atoms with Crippen LogP contribution in [0.1, 0.15) is 12.0 Å². The van der Waals surface area contributed by atoms with E-state index in [1.807, 2.05) is 0 Å². The Morgan fingerprint density at radius 3 is 2.43 bits per heavy atom. The lowest BCUT2D eigenvalue weighted by atomic mass is 10.2. The molecular weight excluding hydrogens is 274 g/mol. The van der Waals surface area contributed by atoms with Crippen molar-refractivity contribution >= 4 is 11.6 Å². The second-order valence-corrected chi connectivity index (χ2v) is 4.56. The molecule has 2 aromatic rings. The summed E-state index contributed by atoms with van der Waals surface area (Å²) in [4.78, 5) is 11.6. The third kappa shape index (κ3) is 4.87. The first-order valence-corrected chi connectivity index (χ1v) is 6.65. The summed E-state index contributed by atoms with van der Waals surface area (Å²) in [7, 11) is 0. The molecule has 0 bridgehead atoms. The SMILES string of the molecule is O=C(CCNc1ccccc1F)NCc1ccc(F)cc1. The van der Waals surface area contributed by atoms with Gasteiger partial charge in [0.25, 0.3) is 0 Å². The van der Waals surface area contributed by atoms with Gasteiger partial charge in [-0.25, -0.2) is 8.78 Å². The van der Waals surface area contributed by atoms with E-state index in [0.29, 0.717) is 18.8 Å². The Kier molecular flexibility index (Phi) is 5.26. The van der Waals surface area contributed by atoms with Crippen LogP contribution in [-0.2, 0) is 11.3 Å². The van der Waals surface area contributed by atoms with Crippen LogP contribution in [0.4, 0.5) is 14.5 Å². The van der Waals surface area contributed by atoms with Crippen LogP contribution in [0.3, 0.4) is 0 Å². The third-order valence-corrected chi connectivity index (χ3v) is 2.94. The van der Waals surface area contributed by atoms with Gasteiger partial charge in [-0.3, -0.25) is 4.79 Å². The zero-order valence-corrected chi connectivity index (χ0v) is 11.4. The Hall–Kier alpha value is -2.43. The number of anilines is 1.